The van der Waals surface area contributed by atoms with Gasteiger partial charge in [0.15, 0.2) is 0 Å². The first-order valence-corrected chi connectivity index (χ1v) is 7.46. The van der Waals surface area contributed by atoms with Gasteiger partial charge < -0.3 is 10.8 Å². The van der Waals surface area contributed by atoms with E-state index >= 15 is 0 Å². The second-order valence-electron chi connectivity index (χ2n) is 4.23. The van der Waals surface area contributed by atoms with Crippen molar-refractivity contribution in [3.8, 4) is 0 Å². The topological polar surface area (TPSA) is 109 Å². The van der Waals surface area contributed by atoms with Gasteiger partial charge in [-0.1, -0.05) is 25.8 Å². The highest BCUT2D eigenvalue weighted by Crippen LogP contribution is 2.14. The van der Waals surface area contributed by atoms with E-state index in [1.54, 1.807) is 6.07 Å². The van der Waals surface area contributed by atoms with E-state index in [4.69, 9.17) is 10.8 Å². The van der Waals surface area contributed by atoms with Gasteiger partial charge in [-0.2, -0.15) is 4.72 Å². The van der Waals surface area contributed by atoms with Crippen LogP contribution in [0, 0.1) is 0 Å². The Balaban J connectivity index is 2.91. The van der Waals surface area contributed by atoms with Crippen molar-refractivity contribution < 1.29 is 18.3 Å². The van der Waals surface area contributed by atoms with Crippen LogP contribution in [-0.4, -0.2) is 25.5 Å². The molecule has 1 rings (SSSR count). The minimum absolute atomic E-state index is 0.0322. The van der Waals surface area contributed by atoms with Crippen molar-refractivity contribution in [2.45, 2.75) is 37.1 Å². The maximum Gasteiger partial charge on any atom is 0.321 e. The third-order valence-corrected chi connectivity index (χ3v) is 4.08. The number of carbonyl (C=O) groups is 1. The average Bonchev–Trinajstić information content (AvgIpc) is 2.34. The molecule has 1 aromatic rings. The number of nitrogens with two attached hydrogens (primary N) is 1. The monoisotopic (exact) mass is 286 g/mol. The van der Waals surface area contributed by atoms with Crippen molar-refractivity contribution in [2.24, 2.45) is 0 Å². The van der Waals surface area contributed by atoms with Crippen LogP contribution in [0.25, 0.3) is 0 Å². The van der Waals surface area contributed by atoms with Crippen molar-refractivity contribution in [3.05, 3.63) is 24.3 Å². The lowest BCUT2D eigenvalue weighted by molar-refractivity contribution is -0.139. The van der Waals surface area contributed by atoms with Gasteiger partial charge in [0.2, 0.25) is 10.0 Å². The molecule has 0 radical (unpaired) electrons. The molecule has 4 N–H and O–H groups in total. The number of nitrogens with one attached hydrogen (secondary N) is 1. The van der Waals surface area contributed by atoms with Gasteiger partial charge in [-0.05, 0) is 24.6 Å². The molecule has 0 fully saturated rings. The van der Waals surface area contributed by atoms with Crippen LogP contribution in [0.2, 0.25) is 0 Å². The van der Waals surface area contributed by atoms with Gasteiger partial charge in [-0.25, -0.2) is 8.42 Å². The second kappa shape index (κ2) is 6.53. The lowest BCUT2D eigenvalue weighted by Crippen LogP contribution is -2.40. The van der Waals surface area contributed by atoms with E-state index in [9.17, 15) is 13.2 Å². The summed E-state index contributed by atoms with van der Waals surface area (Å²) in [5, 5.41) is 9.01. The van der Waals surface area contributed by atoms with Gasteiger partial charge in [-0.3, -0.25) is 4.79 Å². The van der Waals surface area contributed by atoms with Crippen LogP contribution < -0.4 is 10.5 Å². The zero-order valence-corrected chi connectivity index (χ0v) is 11.5. The smallest absolute Gasteiger partial charge is 0.321 e. The zero-order chi connectivity index (χ0) is 14.5. The van der Waals surface area contributed by atoms with E-state index in [0.29, 0.717) is 12.1 Å². The van der Waals surface area contributed by atoms with E-state index in [-0.39, 0.29) is 11.3 Å². The summed E-state index contributed by atoms with van der Waals surface area (Å²) >= 11 is 0. The minimum atomic E-state index is -3.87. The van der Waals surface area contributed by atoms with Gasteiger partial charge in [0.05, 0.1) is 4.90 Å². The highest BCUT2D eigenvalue weighted by molar-refractivity contribution is 7.89. The van der Waals surface area contributed by atoms with Gasteiger partial charge in [0.1, 0.15) is 6.04 Å². The van der Waals surface area contributed by atoms with E-state index in [1.165, 1.54) is 18.2 Å². The molecular formula is C12H18N2O4S. The standard InChI is InChI=1S/C12H18N2O4S/c1-2-3-7-11(12(15)16)14-19(17,18)10-6-4-5-9(13)8-10/h4-6,8,11,14H,2-3,7,13H2,1H3,(H,15,16)/t11-/m0/s1. The Labute approximate surface area is 112 Å². The fourth-order valence-electron chi connectivity index (χ4n) is 1.58. The van der Waals surface area contributed by atoms with Crippen molar-refractivity contribution in [2.75, 3.05) is 5.73 Å². The van der Waals surface area contributed by atoms with Crippen LogP contribution in [0.3, 0.4) is 0 Å². The van der Waals surface area contributed by atoms with E-state index in [1.807, 2.05) is 6.92 Å². The van der Waals surface area contributed by atoms with Crippen molar-refractivity contribution in [3.63, 3.8) is 0 Å². The number of unbranched alkanes of at least 4 members (excludes halogenated alkanes) is 1. The number of benzene rings is 1. The molecule has 1 aromatic carbocycles. The first-order valence-electron chi connectivity index (χ1n) is 5.97. The first kappa shape index (κ1) is 15.5. The molecule has 6 nitrogen and oxygen atoms in total. The Morgan fingerprint density at radius 2 is 2.16 bits per heavy atom. The SMILES string of the molecule is CCCC[C@H](NS(=O)(=O)c1cccc(N)c1)C(=O)O. The van der Waals surface area contributed by atoms with Crippen molar-refractivity contribution in [1.29, 1.82) is 0 Å². The number of anilines is 1. The number of nitrogen functional groups attached to an aromatic ring is 1. The molecule has 0 amide bonds. The third-order valence-electron chi connectivity index (χ3n) is 2.61. The van der Waals surface area contributed by atoms with E-state index < -0.39 is 22.0 Å². The lowest BCUT2D eigenvalue weighted by Gasteiger charge is -2.14. The largest absolute Gasteiger partial charge is 0.480 e. The number of carboxylic acids is 1. The molecule has 0 bridgehead atoms. The summed E-state index contributed by atoms with van der Waals surface area (Å²) in [6, 6.07) is 4.61. The summed E-state index contributed by atoms with van der Waals surface area (Å²) < 4.78 is 26.3. The van der Waals surface area contributed by atoms with Crippen LogP contribution in [0.5, 0.6) is 0 Å². The Hall–Kier alpha value is -1.60. The molecule has 0 aliphatic carbocycles. The summed E-state index contributed by atoms with van der Waals surface area (Å²) in [5.74, 6) is -1.18. The maximum absolute atomic E-state index is 12.0. The number of hydrogen-bond acceptors (Lipinski definition) is 4. The maximum atomic E-state index is 12.0. The molecule has 19 heavy (non-hydrogen) atoms. The number of sulfonamides is 1. The summed E-state index contributed by atoms with van der Waals surface area (Å²) in [6.07, 6.45) is 1.69. The van der Waals surface area contributed by atoms with Crippen LogP contribution in [0.4, 0.5) is 5.69 Å². The zero-order valence-electron chi connectivity index (χ0n) is 10.7. The molecule has 0 heterocycles. The number of hydrogen-bond donors (Lipinski definition) is 3. The molecule has 0 aliphatic heterocycles. The molecule has 0 saturated carbocycles. The molecular weight excluding hydrogens is 268 g/mol. The summed E-state index contributed by atoms with van der Waals surface area (Å²) in [5.41, 5.74) is 5.83. The van der Waals surface area contributed by atoms with Crippen LogP contribution in [-0.2, 0) is 14.8 Å². The fraction of sp³-hybridized carbons (Fsp3) is 0.417. The predicted octanol–water partition coefficient (Wildman–Crippen LogP) is 1.19. The molecule has 106 valence electrons. The Kier molecular flexibility index (Phi) is 5.31. The molecule has 1 atom stereocenters. The Morgan fingerprint density at radius 3 is 2.68 bits per heavy atom. The van der Waals surface area contributed by atoms with Crippen LogP contribution in [0.15, 0.2) is 29.2 Å². The van der Waals surface area contributed by atoms with E-state index in [2.05, 4.69) is 4.72 Å². The molecule has 0 aromatic heterocycles. The third kappa shape index (κ3) is 4.53. The summed E-state index contributed by atoms with van der Waals surface area (Å²) in [6.45, 7) is 1.91. The number of rotatable bonds is 7. The Bertz CT molecular complexity index is 542. The van der Waals surface area contributed by atoms with Crippen LogP contribution >= 0.6 is 0 Å². The second-order valence-corrected chi connectivity index (χ2v) is 5.94. The molecule has 7 heteroatoms. The summed E-state index contributed by atoms with van der Waals surface area (Å²) in [7, 11) is -3.87. The fourth-order valence-corrected chi connectivity index (χ4v) is 2.86. The molecule has 0 spiro atoms. The highest BCUT2D eigenvalue weighted by Gasteiger charge is 2.24. The molecule has 0 aliphatic rings. The predicted molar refractivity (Wildman–Crippen MR) is 72.1 cm³/mol. The number of carboxylic acid groups (broad SMARTS) is 1. The summed E-state index contributed by atoms with van der Waals surface area (Å²) in [4.78, 5) is 11.0. The van der Waals surface area contributed by atoms with Gasteiger partial charge >= 0.3 is 5.97 Å². The van der Waals surface area contributed by atoms with Crippen LogP contribution in [0.1, 0.15) is 26.2 Å². The van der Waals surface area contributed by atoms with E-state index in [0.717, 1.165) is 6.42 Å². The van der Waals surface area contributed by atoms with Crippen molar-refractivity contribution in [1.82, 2.24) is 4.72 Å². The quantitative estimate of drug-likeness (QED) is 0.652. The highest BCUT2D eigenvalue weighted by atomic mass is 32.2. The van der Waals surface area contributed by atoms with Gasteiger partial charge in [0, 0.05) is 5.69 Å². The van der Waals surface area contributed by atoms with Gasteiger partial charge in [0.25, 0.3) is 0 Å². The Morgan fingerprint density at radius 1 is 1.47 bits per heavy atom. The average molecular weight is 286 g/mol. The molecule has 0 saturated heterocycles. The first-order chi connectivity index (χ1) is 8.86. The minimum Gasteiger partial charge on any atom is -0.480 e. The number of aliphatic carboxylic acids is 1. The molecule has 0 unspecified atom stereocenters. The normalized spacial score (nSPS) is 13.1. The van der Waals surface area contributed by atoms with Gasteiger partial charge in [-0.15, -0.1) is 0 Å². The van der Waals surface area contributed by atoms with Crippen molar-refractivity contribution >= 4 is 21.7 Å². The lowest BCUT2D eigenvalue weighted by atomic mass is 10.1.